The minimum atomic E-state index is -4.40. The normalized spacial score (nSPS) is 24.4. The van der Waals surface area contributed by atoms with Gasteiger partial charge in [-0.1, -0.05) is 32.0 Å². The highest BCUT2D eigenvalue weighted by Crippen LogP contribution is 2.50. The molecule has 230 valence electrons. The number of nitrogens with one attached hydrogen (secondary N) is 1. The molecule has 3 aromatic rings. The summed E-state index contributed by atoms with van der Waals surface area (Å²) in [7, 11) is -4.40. The number of carbonyl (C=O) groups excluding carboxylic acids is 1. The zero-order chi connectivity index (χ0) is 30.7. The van der Waals surface area contributed by atoms with Crippen molar-refractivity contribution in [1.82, 2.24) is 24.6 Å². The minimum Gasteiger partial charge on any atom is -0.476 e. The van der Waals surface area contributed by atoms with Crippen molar-refractivity contribution in [3.8, 4) is 11.6 Å². The summed E-state index contributed by atoms with van der Waals surface area (Å²) in [5.74, 6) is -0.475. The zero-order valence-corrected chi connectivity index (χ0v) is 24.9. The molecule has 1 aliphatic heterocycles. The number of hydrogen-bond acceptors (Lipinski definition) is 12. The van der Waals surface area contributed by atoms with Crippen LogP contribution in [0.4, 0.5) is 10.3 Å². The monoisotopic (exact) mass is 610 g/mol. The number of carbonyl (C=O) groups is 1. The van der Waals surface area contributed by atoms with Crippen molar-refractivity contribution in [3.63, 3.8) is 0 Å². The van der Waals surface area contributed by atoms with Gasteiger partial charge in [-0.05, 0) is 38.8 Å². The lowest BCUT2D eigenvalue weighted by Gasteiger charge is -2.34. The number of alkyl halides is 1. The summed E-state index contributed by atoms with van der Waals surface area (Å²) in [5, 5.41) is 14.0. The number of benzene rings is 1. The van der Waals surface area contributed by atoms with Crippen molar-refractivity contribution in [2.75, 3.05) is 32.2 Å². The number of anilines is 1. The number of fused-ring (bicyclic) bond motifs is 1. The van der Waals surface area contributed by atoms with E-state index >= 15 is 4.39 Å². The van der Waals surface area contributed by atoms with Gasteiger partial charge in [0.05, 0.1) is 32.8 Å². The van der Waals surface area contributed by atoms with Crippen LogP contribution < -0.4 is 20.1 Å². The SMILES string of the molecule is CCOc1nc(N)nc2c1ncn2C1OCC(O)(COP(=O)(NC(C)C(=O)OCC(C)C)Oc2ccccc2)C1(C)F. The Hall–Kier alpha value is -3.36. The highest BCUT2D eigenvalue weighted by molar-refractivity contribution is 7.52. The topological polar surface area (TPSA) is 182 Å². The second-order valence-electron chi connectivity index (χ2n) is 10.5. The molecule has 3 heterocycles. The van der Waals surface area contributed by atoms with E-state index in [2.05, 4.69) is 20.0 Å². The predicted molar refractivity (Wildman–Crippen MR) is 149 cm³/mol. The minimum absolute atomic E-state index is 0.0813. The third-order valence-electron chi connectivity index (χ3n) is 6.50. The summed E-state index contributed by atoms with van der Waals surface area (Å²) in [6, 6.07) is 6.93. The second kappa shape index (κ2) is 12.5. The number of aromatic nitrogens is 4. The van der Waals surface area contributed by atoms with Crippen molar-refractivity contribution < 1.29 is 42.1 Å². The number of nitrogens with zero attached hydrogens (tertiary/aromatic N) is 4. The van der Waals surface area contributed by atoms with Crippen LogP contribution in [0.1, 0.15) is 40.8 Å². The first-order chi connectivity index (χ1) is 19.8. The van der Waals surface area contributed by atoms with Crippen LogP contribution in [0, 0.1) is 5.92 Å². The summed E-state index contributed by atoms with van der Waals surface area (Å²) < 4.78 is 59.2. The van der Waals surface area contributed by atoms with Gasteiger partial charge in [0.25, 0.3) is 0 Å². The standard InChI is InChI=1S/C26H36FN6O8P/c1-6-37-21-19-20(30-24(28)31-21)33(15-29-19)23-25(5,27)26(35,13-39-23)14-40-42(36,41-18-10-8-7-9-11-18)32-17(4)22(34)38-12-16(2)3/h7-11,15-17,23,35H,6,12-14H2,1-5H3,(H,32,36)(H2,28,30,31). The van der Waals surface area contributed by atoms with Gasteiger partial charge in [-0.15, -0.1) is 0 Å². The molecule has 1 fully saturated rings. The first-order valence-corrected chi connectivity index (χ1v) is 14.9. The molecule has 0 aliphatic carbocycles. The van der Waals surface area contributed by atoms with Crippen molar-refractivity contribution in [2.45, 2.75) is 58.2 Å². The fourth-order valence-corrected chi connectivity index (χ4v) is 5.69. The van der Waals surface area contributed by atoms with Gasteiger partial charge in [0.15, 0.2) is 23.1 Å². The Labute approximate surface area is 242 Å². The fraction of sp³-hybridized carbons (Fsp3) is 0.538. The fourth-order valence-electron chi connectivity index (χ4n) is 4.15. The summed E-state index contributed by atoms with van der Waals surface area (Å²) in [6.07, 6.45) is -0.168. The Morgan fingerprint density at radius 1 is 1.31 bits per heavy atom. The van der Waals surface area contributed by atoms with E-state index < -0.39 is 50.5 Å². The van der Waals surface area contributed by atoms with E-state index in [1.54, 1.807) is 25.1 Å². The van der Waals surface area contributed by atoms with Crippen LogP contribution in [0.2, 0.25) is 0 Å². The van der Waals surface area contributed by atoms with E-state index in [4.69, 9.17) is 29.0 Å². The molecule has 0 radical (unpaired) electrons. The van der Waals surface area contributed by atoms with E-state index in [0.717, 1.165) is 6.92 Å². The molecule has 1 aliphatic rings. The number of aliphatic hydroxyl groups is 1. The number of halogens is 1. The Balaban J connectivity index is 1.57. The largest absolute Gasteiger partial charge is 0.476 e. The number of hydrogen-bond donors (Lipinski definition) is 3. The molecule has 4 N–H and O–H groups in total. The van der Waals surface area contributed by atoms with Crippen LogP contribution in [-0.2, 0) is 23.4 Å². The Bertz CT molecular complexity index is 1440. The quantitative estimate of drug-likeness (QED) is 0.190. The molecule has 0 spiro atoms. The third kappa shape index (κ3) is 6.65. The molecule has 5 atom stereocenters. The maximum absolute atomic E-state index is 16.5. The Morgan fingerprint density at radius 3 is 2.69 bits per heavy atom. The highest BCUT2D eigenvalue weighted by Gasteiger charge is 2.61. The maximum atomic E-state index is 16.5. The molecule has 0 bridgehead atoms. The predicted octanol–water partition coefficient (Wildman–Crippen LogP) is 3.18. The van der Waals surface area contributed by atoms with Gasteiger partial charge in [0.2, 0.25) is 11.8 Å². The highest BCUT2D eigenvalue weighted by atomic mass is 31.2. The molecule has 16 heteroatoms. The molecule has 1 saturated heterocycles. The Morgan fingerprint density at radius 2 is 2.02 bits per heavy atom. The first kappa shape index (κ1) is 31.6. The summed E-state index contributed by atoms with van der Waals surface area (Å²) >= 11 is 0. The van der Waals surface area contributed by atoms with Gasteiger partial charge in [-0.2, -0.15) is 15.1 Å². The first-order valence-electron chi connectivity index (χ1n) is 13.4. The van der Waals surface area contributed by atoms with Crippen LogP contribution in [0.5, 0.6) is 11.6 Å². The van der Waals surface area contributed by atoms with Gasteiger partial charge in [0, 0.05) is 0 Å². The number of nitrogen functional groups attached to an aromatic ring is 1. The lowest BCUT2D eigenvalue weighted by Crippen LogP contribution is -2.53. The molecule has 2 aromatic heterocycles. The molecule has 1 aromatic carbocycles. The van der Waals surface area contributed by atoms with Crippen molar-refractivity contribution >= 4 is 30.8 Å². The van der Waals surface area contributed by atoms with Crippen LogP contribution in [0.25, 0.3) is 11.2 Å². The van der Waals surface area contributed by atoms with Gasteiger partial charge in [-0.3, -0.25) is 13.9 Å². The third-order valence-corrected chi connectivity index (χ3v) is 8.12. The van der Waals surface area contributed by atoms with Crippen molar-refractivity contribution in [3.05, 3.63) is 36.7 Å². The smallest absolute Gasteiger partial charge is 0.459 e. The molecule has 14 nitrogen and oxygen atoms in total. The number of esters is 1. The molecule has 4 rings (SSSR count). The van der Waals surface area contributed by atoms with E-state index in [1.807, 2.05) is 13.8 Å². The lowest BCUT2D eigenvalue weighted by atomic mass is 9.88. The van der Waals surface area contributed by atoms with Gasteiger partial charge in [0.1, 0.15) is 17.4 Å². The van der Waals surface area contributed by atoms with E-state index in [0.29, 0.717) is 0 Å². The molecule has 0 amide bonds. The van der Waals surface area contributed by atoms with Crippen LogP contribution in [-0.4, -0.2) is 74.3 Å². The number of ether oxygens (including phenoxy) is 3. The van der Waals surface area contributed by atoms with Crippen molar-refractivity contribution in [2.24, 2.45) is 5.92 Å². The van der Waals surface area contributed by atoms with Crippen LogP contribution >= 0.6 is 7.75 Å². The Kier molecular flexibility index (Phi) is 9.38. The maximum Gasteiger partial charge on any atom is 0.459 e. The summed E-state index contributed by atoms with van der Waals surface area (Å²) in [5.41, 5.74) is 1.31. The molecular weight excluding hydrogens is 574 g/mol. The zero-order valence-electron chi connectivity index (χ0n) is 24.0. The number of rotatable bonds is 13. The van der Waals surface area contributed by atoms with E-state index in [-0.39, 0.29) is 47.9 Å². The van der Waals surface area contributed by atoms with Crippen LogP contribution in [0.3, 0.4) is 0 Å². The average molecular weight is 611 g/mol. The average Bonchev–Trinajstić information content (AvgIpc) is 3.44. The number of nitrogens with two attached hydrogens (primary N) is 1. The van der Waals surface area contributed by atoms with E-state index in [9.17, 15) is 14.5 Å². The molecular formula is C26H36FN6O8P. The van der Waals surface area contributed by atoms with Crippen LogP contribution in [0.15, 0.2) is 36.7 Å². The van der Waals surface area contributed by atoms with E-state index in [1.165, 1.54) is 30.0 Å². The van der Waals surface area contributed by atoms with Gasteiger partial charge in [-0.25, -0.2) is 13.9 Å². The van der Waals surface area contributed by atoms with Gasteiger partial charge >= 0.3 is 13.7 Å². The summed E-state index contributed by atoms with van der Waals surface area (Å²) in [6.45, 7) is 7.06. The molecule has 5 unspecified atom stereocenters. The second-order valence-corrected chi connectivity index (χ2v) is 12.2. The summed E-state index contributed by atoms with van der Waals surface area (Å²) in [4.78, 5) is 24.9. The number of imidazole rings is 1. The van der Waals surface area contributed by atoms with Crippen molar-refractivity contribution in [1.29, 1.82) is 0 Å². The number of para-hydroxylation sites is 1. The molecule has 42 heavy (non-hydrogen) atoms. The van der Waals surface area contributed by atoms with Gasteiger partial charge < -0.3 is 29.6 Å². The lowest BCUT2D eigenvalue weighted by molar-refractivity contribution is -0.146. The molecule has 0 saturated carbocycles.